The molecule has 0 saturated carbocycles. The van der Waals surface area contributed by atoms with Gasteiger partial charge in [0.05, 0.1) is 11.7 Å². The van der Waals surface area contributed by atoms with Crippen LogP contribution in [0.5, 0.6) is 0 Å². The van der Waals surface area contributed by atoms with E-state index in [9.17, 15) is 9.18 Å². The number of carbonyl (C=O) groups excluding carboxylic acids is 1. The van der Waals surface area contributed by atoms with Gasteiger partial charge in [0, 0.05) is 30.1 Å². The normalized spacial score (nSPS) is 19.0. The van der Waals surface area contributed by atoms with Crippen LogP contribution in [0.1, 0.15) is 40.7 Å². The summed E-state index contributed by atoms with van der Waals surface area (Å²) in [5.41, 5.74) is 7.18. The molecule has 7 nitrogen and oxygen atoms in total. The summed E-state index contributed by atoms with van der Waals surface area (Å²) in [5.74, 6) is 0.173. The zero-order valence-corrected chi connectivity index (χ0v) is 16.4. The minimum absolute atomic E-state index is 0.0651. The zero-order chi connectivity index (χ0) is 20.6. The Hall–Kier alpha value is -3.25. The first-order valence-corrected chi connectivity index (χ1v) is 9.91. The standard InChI is InChI=1S/C20H17FN6OS/c1-20(4-5-29-19(23)26-20)14-6-12(2-3-15(14)21)7-17(28)16-11-27-10-13(8-22)25-18(27)9-24-16/h2-3,6,9-11H,4-5,7H2,1H3,(H2,23,26)/t20-/m0/s1. The van der Waals surface area contributed by atoms with Crippen molar-refractivity contribution >= 4 is 28.4 Å². The van der Waals surface area contributed by atoms with Crippen molar-refractivity contribution in [2.45, 2.75) is 25.3 Å². The predicted octanol–water partition coefficient (Wildman–Crippen LogP) is 2.83. The Bertz CT molecular complexity index is 1200. The molecular formula is C20H17FN6OS. The number of thioether (sulfide) groups is 1. The van der Waals surface area contributed by atoms with E-state index in [0.29, 0.717) is 28.4 Å². The highest BCUT2D eigenvalue weighted by Gasteiger charge is 2.32. The molecule has 1 aliphatic rings. The zero-order valence-electron chi connectivity index (χ0n) is 15.6. The number of halogens is 1. The minimum atomic E-state index is -0.750. The fourth-order valence-corrected chi connectivity index (χ4v) is 4.32. The van der Waals surface area contributed by atoms with Gasteiger partial charge in [0.1, 0.15) is 17.6 Å². The number of benzene rings is 1. The molecule has 0 amide bonds. The van der Waals surface area contributed by atoms with E-state index in [-0.39, 0.29) is 29.4 Å². The molecule has 3 aromatic rings. The van der Waals surface area contributed by atoms with E-state index in [0.717, 1.165) is 5.75 Å². The lowest BCUT2D eigenvalue weighted by Gasteiger charge is -2.30. The van der Waals surface area contributed by atoms with Crippen molar-refractivity contribution in [1.29, 1.82) is 5.26 Å². The van der Waals surface area contributed by atoms with Crippen LogP contribution >= 0.6 is 11.8 Å². The number of hydrogen-bond donors (Lipinski definition) is 1. The Balaban J connectivity index is 1.62. The fourth-order valence-electron chi connectivity index (χ4n) is 3.35. The van der Waals surface area contributed by atoms with E-state index in [1.54, 1.807) is 22.7 Å². The molecule has 9 heteroatoms. The highest BCUT2D eigenvalue weighted by Crippen LogP contribution is 2.36. The number of amidine groups is 1. The molecule has 1 aliphatic heterocycles. The molecule has 0 saturated heterocycles. The lowest BCUT2D eigenvalue weighted by molar-refractivity contribution is 0.0987. The van der Waals surface area contributed by atoms with Crippen molar-refractivity contribution in [3.8, 4) is 6.07 Å². The van der Waals surface area contributed by atoms with E-state index < -0.39 is 5.54 Å². The summed E-state index contributed by atoms with van der Waals surface area (Å²) in [7, 11) is 0. The number of ketones is 1. The van der Waals surface area contributed by atoms with Crippen LogP contribution in [0.15, 0.2) is 41.8 Å². The van der Waals surface area contributed by atoms with E-state index in [1.165, 1.54) is 30.2 Å². The van der Waals surface area contributed by atoms with E-state index in [2.05, 4.69) is 15.0 Å². The maximum atomic E-state index is 14.5. The van der Waals surface area contributed by atoms with Gasteiger partial charge in [-0.25, -0.2) is 14.4 Å². The molecule has 29 heavy (non-hydrogen) atoms. The number of imidazole rings is 1. The SMILES string of the molecule is C[C@@]1(c2cc(CC(=O)c3cn4cc(C#N)nc4cn3)ccc2F)CCSC(N)=N1. The smallest absolute Gasteiger partial charge is 0.187 e. The first-order chi connectivity index (χ1) is 13.9. The Labute approximate surface area is 170 Å². The number of fused-ring (bicyclic) bond motifs is 1. The Morgan fingerprint density at radius 1 is 1.45 bits per heavy atom. The van der Waals surface area contributed by atoms with Crippen molar-refractivity contribution in [2.75, 3.05) is 5.75 Å². The molecule has 0 radical (unpaired) electrons. The molecule has 0 spiro atoms. The summed E-state index contributed by atoms with van der Waals surface area (Å²) in [5, 5.41) is 9.38. The quantitative estimate of drug-likeness (QED) is 0.665. The van der Waals surface area contributed by atoms with Gasteiger partial charge in [0.2, 0.25) is 0 Å². The third-order valence-corrected chi connectivity index (χ3v) is 5.71. The topological polar surface area (TPSA) is 109 Å². The molecule has 3 heterocycles. The van der Waals surface area contributed by atoms with Gasteiger partial charge < -0.3 is 10.1 Å². The summed E-state index contributed by atoms with van der Waals surface area (Å²) < 4.78 is 16.1. The van der Waals surface area contributed by atoms with Crippen LogP contribution in [0, 0.1) is 17.1 Å². The average molecular weight is 408 g/mol. The molecule has 0 fully saturated rings. The largest absolute Gasteiger partial charge is 0.379 e. The van der Waals surface area contributed by atoms with Gasteiger partial charge in [0.15, 0.2) is 22.3 Å². The van der Waals surface area contributed by atoms with Crippen molar-refractivity contribution in [1.82, 2.24) is 14.4 Å². The third kappa shape index (κ3) is 3.71. The molecule has 0 bridgehead atoms. The van der Waals surface area contributed by atoms with Gasteiger partial charge in [-0.1, -0.05) is 17.8 Å². The maximum Gasteiger partial charge on any atom is 0.187 e. The second-order valence-electron chi connectivity index (χ2n) is 7.01. The highest BCUT2D eigenvalue weighted by atomic mass is 32.2. The lowest BCUT2D eigenvalue weighted by atomic mass is 9.87. The highest BCUT2D eigenvalue weighted by molar-refractivity contribution is 8.13. The van der Waals surface area contributed by atoms with E-state index in [1.807, 2.05) is 13.0 Å². The second kappa shape index (κ2) is 7.29. The van der Waals surface area contributed by atoms with Crippen LogP contribution in [0.3, 0.4) is 0 Å². The molecule has 0 aliphatic carbocycles. The van der Waals surface area contributed by atoms with Gasteiger partial charge >= 0.3 is 0 Å². The first-order valence-electron chi connectivity index (χ1n) is 8.93. The number of aliphatic imine (C=N–C) groups is 1. The Kier molecular flexibility index (Phi) is 4.80. The molecule has 0 unspecified atom stereocenters. The number of rotatable bonds is 4. The predicted molar refractivity (Wildman–Crippen MR) is 108 cm³/mol. The second-order valence-corrected chi connectivity index (χ2v) is 8.13. The lowest BCUT2D eigenvalue weighted by Crippen LogP contribution is -2.29. The number of Topliss-reactive ketones (excluding diaryl/α,β-unsaturated/α-hetero) is 1. The van der Waals surface area contributed by atoms with Crippen LogP contribution in [0.2, 0.25) is 0 Å². The van der Waals surface area contributed by atoms with Crippen molar-refractivity contribution < 1.29 is 9.18 Å². The Morgan fingerprint density at radius 3 is 3.03 bits per heavy atom. The Morgan fingerprint density at radius 2 is 2.28 bits per heavy atom. The number of nitrogens with two attached hydrogens (primary N) is 1. The number of nitrogens with zero attached hydrogens (tertiary/aromatic N) is 5. The number of nitriles is 1. The molecule has 1 aromatic carbocycles. The van der Waals surface area contributed by atoms with Gasteiger partial charge in [-0.3, -0.25) is 9.79 Å². The van der Waals surface area contributed by atoms with Crippen molar-refractivity contribution in [3.63, 3.8) is 0 Å². The van der Waals surface area contributed by atoms with E-state index in [4.69, 9.17) is 11.0 Å². The third-order valence-electron chi connectivity index (χ3n) is 4.91. The van der Waals surface area contributed by atoms with Crippen LogP contribution in [0.4, 0.5) is 4.39 Å². The molecular weight excluding hydrogens is 391 g/mol. The van der Waals surface area contributed by atoms with Crippen LogP contribution in [0.25, 0.3) is 5.65 Å². The average Bonchev–Trinajstić information content (AvgIpc) is 3.11. The molecule has 1 atom stereocenters. The fraction of sp³-hybridized carbons (Fsp3) is 0.250. The van der Waals surface area contributed by atoms with Gasteiger partial charge in [-0.15, -0.1) is 0 Å². The summed E-state index contributed by atoms with van der Waals surface area (Å²) in [4.78, 5) is 25.4. The molecule has 2 aromatic heterocycles. The van der Waals surface area contributed by atoms with Crippen molar-refractivity contribution in [3.05, 3.63) is 65.1 Å². The summed E-state index contributed by atoms with van der Waals surface area (Å²) in [6.45, 7) is 1.85. The molecule has 146 valence electrons. The number of hydrogen-bond acceptors (Lipinski definition) is 7. The molecule has 2 N–H and O–H groups in total. The van der Waals surface area contributed by atoms with Crippen LogP contribution in [-0.4, -0.2) is 31.1 Å². The monoisotopic (exact) mass is 408 g/mol. The summed E-state index contributed by atoms with van der Waals surface area (Å²) in [6, 6.07) is 6.59. The van der Waals surface area contributed by atoms with Crippen molar-refractivity contribution in [2.24, 2.45) is 10.7 Å². The minimum Gasteiger partial charge on any atom is -0.379 e. The van der Waals surface area contributed by atoms with E-state index >= 15 is 0 Å². The van der Waals surface area contributed by atoms with Crippen LogP contribution < -0.4 is 5.73 Å². The summed E-state index contributed by atoms with van der Waals surface area (Å²) >= 11 is 1.45. The maximum absolute atomic E-state index is 14.5. The van der Waals surface area contributed by atoms with Gasteiger partial charge in [-0.2, -0.15) is 5.26 Å². The first kappa shape index (κ1) is 19.1. The molecule has 4 rings (SSSR count). The number of aromatic nitrogens is 3. The summed E-state index contributed by atoms with van der Waals surface area (Å²) in [6.07, 6.45) is 5.25. The van der Waals surface area contributed by atoms with Gasteiger partial charge in [0.25, 0.3) is 0 Å². The van der Waals surface area contributed by atoms with Gasteiger partial charge in [-0.05, 0) is 31.0 Å². The number of carbonyl (C=O) groups is 1. The van der Waals surface area contributed by atoms with Crippen LogP contribution in [-0.2, 0) is 12.0 Å².